The molecule has 2 saturated carbocycles. The van der Waals surface area contributed by atoms with Gasteiger partial charge in [-0.1, -0.05) is 19.1 Å². The monoisotopic (exact) mass is 164 g/mol. The maximum atomic E-state index is 11.9. The SMILES string of the molecule is C=C(C)C1(C)CC2(C)CC2C1=O. The Kier molecular flexibility index (Phi) is 1.23. The number of hydrogen-bond donors (Lipinski definition) is 0. The lowest BCUT2D eigenvalue weighted by molar-refractivity contribution is -0.125. The molecule has 2 rings (SSSR count). The van der Waals surface area contributed by atoms with Crippen LogP contribution in [-0.4, -0.2) is 5.78 Å². The van der Waals surface area contributed by atoms with Crippen molar-refractivity contribution in [2.75, 3.05) is 0 Å². The molecule has 0 aromatic heterocycles. The zero-order valence-corrected chi connectivity index (χ0v) is 8.11. The van der Waals surface area contributed by atoms with E-state index in [1.807, 2.05) is 6.92 Å². The molecule has 2 aliphatic carbocycles. The highest BCUT2D eigenvalue weighted by atomic mass is 16.1. The van der Waals surface area contributed by atoms with Crippen molar-refractivity contribution in [1.82, 2.24) is 0 Å². The van der Waals surface area contributed by atoms with Crippen LogP contribution in [0.4, 0.5) is 0 Å². The third kappa shape index (κ3) is 0.720. The molecule has 12 heavy (non-hydrogen) atoms. The molecule has 1 nitrogen and oxygen atoms in total. The summed E-state index contributed by atoms with van der Waals surface area (Å²) in [5.41, 5.74) is 1.18. The van der Waals surface area contributed by atoms with Crippen molar-refractivity contribution in [3.63, 3.8) is 0 Å². The Balaban J connectivity index is 2.33. The van der Waals surface area contributed by atoms with Gasteiger partial charge in [0.25, 0.3) is 0 Å². The van der Waals surface area contributed by atoms with Crippen LogP contribution in [0, 0.1) is 16.7 Å². The second kappa shape index (κ2) is 1.84. The summed E-state index contributed by atoms with van der Waals surface area (Å²) in [6.07, 6.45) is 2.15. The molecule has 1 heteroatoms. The van der Waals surface area contributed by atoms with Gasteiger partial charge in [0.05, 0.1) is 0 Å². The van der Waals surface area contributed by atoms with Gasteiger partial charge in [0.1, 0.15) is 5.78 Å². The molecule has 0 spiro atoms. The predicted molar refractivity (Wildman–Crippen MR) is 48.8 cm³/mol. The van der Waals surface area contributed by atoms with Gasteiger partial charge in [-0.3, -0.25) is 4.79 Å². The van der Waals surface area contributed by atoms with E-state index in [0.29, 0.717) is 17.1 Å². The van der Waals surface area contributed by atoms with Crippen molar-refractivity contribution < 1.29 is 4.79 Å². The van der Waals surface area contributed by atoms with Crippen LogP contribution in [0.5, 0.6) is 0 Å². The molecule has 0 aromatic rings. The number of carbonyl (C=O) groups excluding carboxylic acids is 1. The van der Waals surface area contributed by atoms with Crippen molar-refractivity contribution in [2.24, 2.45) is 16.7 Å². The molecule has 3 unspecified atom stereocenters. The van der Waals surface area contributed by atoms with Crippen molar-refractivity contribution >= 4 is 5.78 Å². The summed E-state index contributed by atoms with van der Waals surface area (Å²) in [4.78, 5) is 11.9. The van der Waals surface area contributed by atoms with E-state index in [-0.39, 0.29) is 5.41 Å². The van der Waals surface area contributed by atoms with Crippen LogP contribution < -0.4 is 0 Å². The van der Waals surface area contributed by atoms with Gasteiger partial charge >= 0.3 is 0 Å². The van der Waals surface area contributed by atoms with E-state index in [4.69, 9.17) is 0 Å². The third-order valence-corrected chi connectivity index (χ3v) is 3.91. The molecule has 0 aromatic carbocycles. The number of carbonyl (C=O) groups is 1. The fourth-order valence-corrected chi connectivity index (χ4v) is 2.65. The van der Waals surface area contributed by atoms with Gasteiger partial charge in [0.15, 0.2) is 0 Å². The molecule has 0 radical (unpaired) electrons. The van der Waals surface area contributed by atoms with E-state index in [1.165, 1.54) is 0 Å². The molecule has 0 saturated heterocycles. The van der Waals surface area contributed by atoms with Gasteiger partial charge in [0.2, 0.25) is 0 Å². The number of rotatable bonds is 1. The van der Waals surface area contributed by atoms with Crippen LogP contribution in [0.2, 0.25) is 0 Å². The Morgan fingerprint density at radius 1 is 1.58 bits per heavy atom. The van der Waals surface area contributed by atoms with Gasteiger partial charge < -0.3 is 0 Å². The molecule has 0 N–H and O–H groups in total. The Hall–Kier alpha value is -0.590. The quantitative estimate of drug-likeness (QED) is 0.544. The van der Waals surface area contributed by atoms with Gasteiger partial charge in [-0.15, -0.1) is 0 Å². The third-order valence-electron chi connectivity index (χ3n) is 3.91. The Labute approximate surface area is 73.8 Å². The number of Topliss-reactive ketones (excluding diaryl/α,β-unsaturated/α-hetero) is 1. The molecule has 2 aliphatic rings. The minimum atomic E-state index is -0.197. The maximum Gasteiger partial charge on any atom is 0.146 e. The van der Waals surface area contributed by atoms with Gasteiger partial charge in [-0.25, -0.2) is 0 Å². The highest BCUT2D eigenvalue weighted by Crippen LogP contribution is 2.68. The first-order valence-corrected chi connectivity index (χ1v) is 4.60. The summed E-state index contributed by atoms with van der Waals surface area (Å²) >= 11 is 0. The smallest absolute Gasteiger partial charge is 0.146 e. The summed E-state index contributed by atoms with van der Waals surface area (Å²) < 4.78 is 0. The molecule has 0 aliphatic heterocycles. The lowest BCUT2D eigenvalue weighted by atomic mass is 9.77. The van der Waals surface area contributed by atoms with E-state index in [1.54, 1.807) is 0 Å². The molecule has 0 heterocycles. The Morgan fingerprint density at radius 2 is 2.17 bits per heavy atom. The van der Waals surface area contributed by atoms with E-state index in [0.717, 1.165) is 18.4 Å². The lowest BCUT2D eigenvalue weighted by Gasteiger charge is -2.25. The maximum absolute atomic E-state index is 11.9. The van der Waals surface area contributed by atoms with Gasteiger partial charge in [-0.2, -0.15) is 0 Å². The summed E-state index contributed by atoms with van der Waals surface area (Å²) in [6, 6.07) is 0. The number of allylic oxidation sites excluding steroid dienone is 1. The standard InChI is InChI=1S/C11H16O/c1-7(2)11(4)6-10(3)5-8(10)9(11)12/h8H,1,5-6H2,2-4H3. The Bertz CT molecular complexity index is 279. The zero-order chi connectivity index (χ0) is 9.15. The van der Waals surface area contributed by atoms with E-state index in [2.05, 4.69) is 20.4 Å². The van der Waals surface area contributed by atoms with Crippen molar-refractivity contribution in [3.8, 4) is 0 Å². The second-order valence-electron chi connectivity index (χ2n) is 5.06. The number of hydrogen-bond acceptors (Lipinski definition) is 1. The minimum Gasteiger partial charge on any atom is -0.298 e. The molecule has 66 valence electrons. The largest absolute Gasteiger partial charge is 0.298 e. The highest BCUT2D eigenvalue weighted by Gasteiger charge is 2.66. The normalized spacial score (nSPS) is 50.6. The van der Waals surface area contributed by atoms with Crippen LogP contribution in [0.15, 0.2) is 12.2 Å². The first-order chi connectivity index (χ1) is 5.40. The average molecular weight is 164 g/mol. The second-order valence-corrected chi connectivity index (χ2v) is 5.06. The molecule has 0 amide bonds. The average Bonchev–Trinajstić information content (AvgIpc) is 2.54. The minimum absolute atomic E-state index is 0.197. The Morgan fingerprint density at radius 3 is 2.42 bits per heavy atom. The number of ketones is 1. The van der Waals surface area contributed by atoms with Gasteiger partial charge in [-0.05, 0) is 32.1 Å². The van der Waals surface area contributed by atoms with E-state index < -0.39 is 0 Å². The van der Waals surface area contributed by atoms with E-state index in [9.17, 15) is 4.79 Å². The highest BCUT2D eigenvalue weighted by molar-refractivity contribution is 5.95. The summed E-state index contributed by atoms with van der Waals surface area (Å²) in [5, 5.41) is 0. The summed E-state index contributed by atoms with van der Waals surface area (Å²) in [7, 11) is 0. The zero-order valence-electron chi connectivity index (χ0n) is 8.11. The van der Waals surface area contributed by atoms with Crippen LogP contribution in [0.25, 0.3) is 0 Å². The number of fused-ring (bicyclic) bond motifs is 1. The van der Waals surface area contributed by atoms with E-state index >= 15 is 0 Å². The lowest BCUT2D eigenvalue weighted by Crippen LogP contribution is -2.26. The van der Waals surface area contributed by atoms with Crippen molar-refractivity contribution in [2.45, 2.75) is 33.6 Å². The fraction of sp³-hybridized carbons (Fsp3) is 0.727. The molecule has 3 atom stereocenters. The predicted octanol–water partition coefficient (Wildman–Crippen LogP) is 2.57. The molecule has 0 bridgehead atoms. The molecular weight excluding hydrogens is 148 g/mol. The van der Waals surface area contributed by atoms with Crippen molar-refractivity contribution in [3.05, 3.63) is 12.2 Å². The molecule has 2 fully saturated rings. The van der Waals surface area contributed by atoms with Gasteiger partial charge in [0, 0.05) is 11.3 Å². The summed E-state index contributed by atoms with van der Waals surface area (Å²) in [5.74, 6) is 0.803. The topological polar surface area (TPSA) is 17.1 Å². The first kappa shape index (κ1) is 8.03. The van der Waals surface area contributed by atoms with Crippen LogP contribution in [0.1, 0.15) is 33.6 Å². The fourth-order valence-electron chi connectivity index (χ4n) is 2.65. The van der Waals surface area contributed by atoms with Crippen LogP contribution in [-0.2, 0) is 4.79 Å². The van der Waals surface area contributed by atoms with Crippen LogP contribution in [0.3, 0.4) is 0 Å². The van der Waals surface area contributed by atoms with Crippen molar-refractivity contribution in [1.29, 1.82) is 0 Å². The van der Waals surface area contributed by atoms with Crippen LogP contribution >= 0.6 is 0 Å². The summed E-state index contributed by atoms with van der Waals surface area (Å²) in [6.45, 7) is 10.2. The molecular formula is C11H16O. The first-order valence-electron chi connectivity index (χ1n) is 4.60.